The second kappa shape index (κ2) is 9.70. The zero-order valence-corrected chi connectivity index (χ0v) is 13.6. The van der Waals surface area contributed by atoms with E-state index in [0.717, 1.165) is 48.5 Å². The fourth-order valence-corrected chi connectivity index (χ4v) is 2.56. The molecule has 0 unspecified atom stereocenters. The molecule has 0 aromatic heterocycles. The van der Waals surface area contributed by atoms with Gasteiger partial charge in [0.15, 0.2) is 0 Å². The zero-order chi connectivity index (χ0) is 13.2. The van der Waals surface area contributed by atoms with Gasteiger partial charge in [0.1, 0.15) is 5.75 Å². The van der Waals surface area contributed by atoms with Gasteiger partial charge in [0.05, 0.1) is 11.1 Å². The van der Waals surface area contributed by atoms with Crippen LogP contribution in [0.2, 0.25) is 0 Å². The highest BCUT2D eigenvalue weighted by Gasteiger charge is 2.07. The van der Waals surface area contributed by atoms with Gasteiger partial charge in [0, 0.05) is 12.1 Å². The van der Waals surface area contributed by atoms with Crippen molar-refractivity contribution < 1.29 is 4.74 Å². The third-order valence-corrected chi connectivity index (χ3v) is 3.85. The van der Waals surface area contributed by atoms with Crippen LogP contribution in [0.15, 0.2) is 22.7 Å². The summed E-state index contributed by atoms with van der Waals surface area (Å²) >= 11 is 5.43. The molecule has 0 bridgehead atoms. The predicted octanol–water partition coefficient (Wildman–Crippen LogP) is 4.08. The third kappa shape index (κ3) is 5.63. The molecule has 0 aliphatic carbocycles. The Bertz CT molecular complexity index is 347. The molecule has 0 heterocycles. The van der Waals surface area contributed by atoms with E-state index in [1.54, 1.807) is 0 Å². The van der Waals surface area contributed by atoms with Gasteiger partial charge in [-0.1, -0.05) is 19.1 Å². The maximum atomic E-state index is 5.90. The van der Waals surface area contributed by atoms with Crippen molar-refractivity contribution in [2.45, 2.75) is 26.3 Å². The molecule has 0 aliphatic heterocycles. The number of benzene rings is 1. The number of hydrogen-bond acceptors (Lipinski definition) is 3. The molecule has 0 atom stereocenters. The summed E-state index contributed by atoms with van der Waals surface area (Å²) in [4.78, 5) is 0. The van der Waals surface area contributed by atoms with E-state index in [1.165, 1.54) is 5.56 Å². The lowest BCUT2D eigenvalue weighted by Crippen LogP contribution is -2.15. The fraction of sp³-hybridized carbons (Fsp3) is 0.571. The lowest BCUT2D eigenvalue weighted by Gasteiger charge is -2.13. The van der Waals surface area contributed by atoms with Crippen molar-refractivity contribution in [3.8, 4) is 5.75 Å². The minimum atomic E-state index is 0.782. The lowest BCUT2D eigenvalue weighted by atomic mass is 10.2. The van der Waals surface area contributed by atoms with Crippen molar-refractivity contribution in [1.29, 1.82) is 0 Å². The molecule has 1 aromatic rings. The van der Waals surface area contributed by atoms with Gasteiger partial charge in [-0.2, -0.15) is 11.8 Å². The summed E-state index contributed by atoms with van der Waals surface area (Å²) < 4.78 is 6.94. The van der Waals surface area contributed by atoms with Gasteiger partial charge in [0.25, 0.3) is 0 Å². The Morgan fingerprint density at radius 2 is 2.22 bits per heavy atom. The van der Waals surface area contributed by atoms with Gasteiger partial charge in [-0.15, -0.1) is 0 Å². The molecule has 2 nitrogen and oxygen atoms in total. The molecule has 0 aliphatic rings. The second-order valence-corrected chi connectivity index (χ2v) is 5.94. The highest BCUT2D eigenvalue weighted by molar-refractivity contribution is 9.10. The average molecular weight is 332 g/mol. The van der Waals surface area contributed by atoms with Crippen LogP contribution in [-0.2, 0) is 6.54 Å². The summed E-state index contributed by atoms with van der Waals surface area (Å²) in [5.41, 5.74) is 1.22. The van der Waals surface area contributed by atoms with Gasteiger partial charge < -0.3 is 10.1 Å². The van der Waals surface area contributed by atoms with E-state index in [9.17, 15) is 0 Å². The molecule has 0 amide bonds. The Morgan fingerprint density at radius 3 is 2.94 bits per heavy atom. The topological polar surface area (TPSA) is 21.3 Å². The average Bonchev–Trinajstić information content (AvgIpc) is 2.37. The summed E-state index contributed by atoms with van der Waals surface area (Å²) in [6.07, 6.45) is 4.36. The summed E-state index contributed by atoms with van der Waals surface area (Å²) in [6.45, 7) is 4.86. The number of thioether (sulfide) groups is 1. The number of ether oxygens (including phenoxy) is 1. The normalized spacial score (nSPS) is 10.6. The van der Waals surface area contributed by atoms with Crippen LogP contribution >= 0.6 is 27.7 Å². The van der Waals surface area contributed by atoms with E-state index in [-0.39, 0.29) is 0 Å². The number of para-hydroxylation sites is 1. The fourth-order valence-electron chi connectivity index (χ4n) is 1.63. The molecule has 0 saturated carbocycles. The van der Waals surface area contributed by atoms with Gasteiger partial charge in [-0.05, 0) is 53.4 Å². The second-order valence-electron chi connectivity index (χ2n) is 4.10. The number of halogens is 1. The molecule has 0 fully saturated rings. The van der Waals surface area contributed by atoms with Crippen LogP contribution < -0.4 is 10.1 Å². The van der Waals surface area contributed by atoms with Gasteiger partial charge in [-0.25, -0.2) is 0 Å². The van der Waals surface area contributed by atoms with Crippen LogP contribution in [0.25, 0.3) is 0 Å². The van der Waals surface area contributed by atoms with Crippen LogP contribution in [0.1, 0.15) is 25.3 Å². The molecule has 18 heavy (non-hydrogen) atoms. The van der Waals surface area contributed by atoms with Gasteiger partial charge >= 0.3 is 0 Å². The van der Waals surface area contributed by atoms with Crippen LogP contribution in [0.3, 0.4) is 0 Å². The maximum absolute atomic E-state index is 5.90. The predicted molar refractivity (Wildman–Crippen MR) is 84.6 cm³/mol. The molecule has 0 spiro atoms. The van der Waals surface area contributed by atoms with Crippen molar-refractivity contribution in [3.63, 3.8) is 0 Å². The largest absolute Gasteiger partial charge is 0.492 e. The highest BCUT2D eigenvalue weighted by atomic mass is 79.9. The SMILES string of the molecule is CCCNCc1cccc(Br)c1OCCCSC. The monoisotopic (exact) mass is 331 g/mol. The standard InChI is InChI=1S/C14H22BrNOS/c1-3-8-16-11-12-6-4-7-13(15)14(12)17-9-5-10-18-2/h4,6-7,16H,3,5,8-11H2,1-2H3. The van der Waals surface area contributed by atoms with E-state index in [4.69, 9.17) is 4.74 Å². The molecule has 0 saturated heterocycles. The van der Waals surface area contributed by atoms with E-state index in [0.29, 0.717) is 0 Å². The first kappa shape index (κ1) is 15.9. The molecule has 4 heteroatoms. The maximum Gasteiger partial charge on any atom is 0.137 e. The highest BCUT2D eigenvalue weighted by Crippen LogP contribution is 2.29. The first-order valence-electron chi connectivity index (χ1n) is 6.39. The third-order valence-electron chi connectivity index (χ3n) is 2.53. The van der Waals surface area contributed by atoms with Crippen molar-refractivity contribution in [2.24, 2.45) is 0 Å². The van der Waals surface area contributed by atoms with Crippen molar-refractivity contribution in [1.82, 2.24) is 5.32 Å². The van der Waals surface area contributed by atoms with Crippen LogP contribution in [0.5, 0.6) is 5.75 Å². The minimum absolute atomic E-state index is 0.782. The summed E-state index contributed by atoms with van der Waals surface area (Å²) in [6, 6.07) is 6.21. The Kier molecular flexibility index (Phi) is 8.55. The molecular weight excluding hydrogens is 310 g/mol. The molecule has 1 aromatic carbocycles. The summed E-state index contributed by atoms with van der Waals surface area (Å²) in [5.74, 6) is 2.13. The summed E-state index contributed by atoms with van der Waals surface area (Å²) in [7, 11) is 0. The van der Waals surface area contributed by atoms with Crippen molar-refractivity contribution in [3.05, 3.63) is 28.2 Å². The lowest BCUT2D eigenvalue weighted by molar-refractivity contribution is 0.312. The summed E-state index contributed by atoms with van der Waals surface area (Å²) in [5, 5.41) is 3.42. The molecule has 1 rings (SSSR count). The minimum Gasteiger partial charge on any atom is -0.492 e. The Morgan fingerprint density at radius 1 is 1.39 bits per heavy atom. The number of nitrogens with one attached hydrogen (secondary N) is 1. The first-order valence-corrected chi connectivity index (χ1v) is 8.58. The van der Waals surface area contributed by atoms with Crippen LogP contribution in [-0.4, -0.2) is 25.2 Å². The van der Waals surface area contributed by atoms with Crippen molar-refractivity contribution in [2.75, 3.05) is 25.2 Å². The van der Waals surface area contributed by atoms with E-state index < -0.39 is 0 Å². The van der Waals surface area contributed by atoms with Gasteiger partial charge in [-0.3, -0.25) is 0 Å². The molecule has 1 N–H and O–H groups in total. The van der Waals surface area contributed by atoms with Crippen LogP contribution in [0.4, 0.5) is 0 Å². The van der Waals surface area contributed by atoms with E-state index in [1.807, 2.05) is 17.8 Å². The Labute approximate surface area is 123 Å². The van der Waals surface area contributed by atoms with Gasteiger partial charge in [0.2, 0.25) is 0 Å². The van der Waals surface area contributed by atoms with Crippen LogP contribution in [0, 0.1) is 0 Å². The Balaban J connectivity index is 2.56. The number of hydrogen-bond donors (Lipinski definition) is 1. The van der Waals surface area contributed by atoms with Crippen molar-refractivity contribution >= 4 is 27.7 Å². The molecule has 102 valence electrons. The Hall–Kier alpha value is -0.190. The molecule has 0 radical (unpaired) electrons. The van der Waals surface area contributed by atoms with E-state index in [2.05, 4.69) is 46.6 Å². The zero-order valence-electron chi connectivity index (χ0n) is 11.2. The number of rotatable bonds is 9. The first-order chi connectivity index (χ1) is 8.79. The quantitative estimate of drug-likeness (QED) is 0.689. The smallest absolute Gasteiger partial charge is 0.137 e. The molecular formula is C14H22BrNOS. The van der Waals surface area contributed by atoms with E-state index >= 15 is 0 Å².